The van der Waals surface area contributed by atoms with Crippen LogP contribution in [-0.2, 0) is 0 Å². The van der Waals surface area contributed by atoms with Gasteiger partial charge in [0, 0.05) is 18.6 Å². The fourth-order valence-electron chi connectivity index (χ4n) is 1.84. The third-order valence-electron chi connectivity index (χ3n) is 2.64. The van der Waals surface area contributed by atoms with Gasteiger partial charge >= 0.3 is 0 Å². The van der Waals surface area contributed by atoms with Crippen molar-refractivity contribution in [1.29, 1.82) is 0 Å². The molecular weight excluding hydrogens is 208 g/mol. The zero-order chi connectivity index (χ0) is 11.9. The van der Waals surface area contributed by atoms with Crippen LogP contribution in [0.1, 0.15) is 17.3 Å². The zero-order valence-electron chi connectivity index (χ0n) is 8.97. The van der Waals surface area contributed by atoms with Gasteiger partial charge in [-0.2, -0.15) is 0 Å². The molecule has 86 valence electrons. The fourth-order valence-corrected chi connectivity index (χ4v) is 1.84. The number of amides is 1. The average molecular weight is 222 g/mol. The Morgan fingerprint density at radius 3 is 2.62 bits per heavy atom. The van der Waals surface area contributed by atoms with Crippen molar-refractivity contribution < 1.29 is 15.0 Å². The molecule has 0 atom stereocenters. The lowest BCUT2D eigenvalue weighted by atomic mass is 9.93. The van der Waals surface area contributed by atoms with Gasteiger partial charge in [-0.25, -0.2) is 0 Å². The molecule has 0 radical (unpaired) electrons. The van der Waals surface area contributed by atoms with E-state index in [0.717, 1.165) is 0 Å². The second-order valence-electron chi connectivity index (χ2n) is 4.49. The predicted octanol–water partition coefficient (Wildman–Crippen LogP) is 0.271. The number of carbonyl (C=O) groups excluding carboxylic acids is 1. The molecule has 16 heavy (non-hydrogen) atoms. The van der Waals surface area contributed by atoms with Crippen LogP contribution < -0.4 is 5.73 Å². The standard InChI is InChI=1S/C11H14N2O3/c1-11(12)5-13(6-11)10(16)7-3-2-4-8(14)9(7)15/h2-4,14-15H,5-6,12H2,1H3. The lowest BCUT2D eigenvalue weighted by molar-refractivity contribution is 0.0450. The molecule has 1 heterocycles. The molecule has 1 aliphatic rings. The van der Waals surface area contributed by atoms with E-state index in [1.807, 2.05) is 6.92 Å². The molecule has 0 unspecified atom stereocenters. The monoisotopic (exact) mass is 222 g/mol. The van der Waals surface area contributed by atoms with E-state index in [2.05, 4.69) is 0 Å². The van der Waals surface area contributed by atoms with Gasteiger partial charge < -0.3 is 20.8 Å². The Bertz CT molecular complexity index is 435. The summed E-state index contributed by atoms with van der Waals surface area (Å²) in [5.74, 6) is -0.976. The number of carbonyl (C=O) groups is 1. The minimum atomic E-state index is -0.377. The number of rotatable bonds is 1. The first-order valence-corrected chi connectivity index (χ1v) is 5.00. The first-order chi connectivity index (χ1) is 7.41. The molecule has 1 aromatic carbocycles. The van der Waals surface area contributed by atoms with Crippen molar-refractivity contribution in [3.63, 3.8) is 0 Å². The summed E-state index contributed by atoms with van der Waals surface area (Å²) in [6, 6.07) is 4.32. The van der Waals surface area contributed by atoms with E-state index in [1.165, 1.54) is 23.1 Å². The summed E-state index contributed by atoms with van der Waals surface area (Å²) in [5.41, 5.74) is 5.55. The molecule has 5 heteroatoms. The molecule has 1 saturated heterocycles. The minimum Gasteiger partial charge on any atom is -0.504 e. The number of phenols is 2. The highest BCUT2D eigenvalue weighted by molar-refractivity contribution is 5.98. The third kappa shape index (κ3) is 1.69. The van der Waals surface area contributed by atoms with Crippen molar-refractivity contribution >= 4 is 5.91 Å². The summed E-state index contributed by atoms with van der Waals surface area (Å²) >= 11 is 0. The van der Waals surface area contributed by atoms with Crippen LogP contribution >= 0.6 is 0 Å². The second kappa shape index (κ2) is 3.38. The number of hydrogen-bond acceptors (Lipinski definition) is 4. The SMILES string of the molecule is CC1(N)CN(C(=O)c2cccc(O)c2O)C1. The first kappa shape index (κ1) is 10.8. The van der Waals surface area contributed by atoms with Crippen LogP contribution in [-0.4, -0.2) is 39.6 Å². The molecule has 0 bridgehead atoms. The summed E-state index contributed by atoms with van der Waals surface area (Å²) in [4.78, 5) is 13.4. The van der Waals surface area contributed by atoms with Gasteiger partial charge in [-0.05, 0) is 19.1 Å². The van der Waals surface area contributed by atoms with Crippen molar-refractivity contribution in [2.24, 2.45) is 5.73 Å². The van der Waals surface area contributed by atoms with Crippen LogP contribution in [0.25, 0.3) is 0 Å². The van der Waals surface area contributed by atoms with E-state index in [4.69, 9.17) is 5.73 Å². The normalized spacial score (nSPS) is 18.0. The molecule has 0 aromatic heterocycles. The molecule has 2 rings (SSSR count). The molecule has 1 fully saturated rings. The van der Waals surface area contributed by atoms with Crippen molar-refractivity contribution in [2.75, 3.05) is 13.1 Å². The average Bonchev–Trinajstić information content (AvgIpc) is 2.17. The summed E-state index contributed by atoms with van der Waals surface area (Å²) in [5, 5.41) is 18.8. The van der Waals surface area contributed by atoms with Crippen LogP contribution in [0.2, 0.25) is 0 Å². The highest BCUT2D eigenvalue weighted by atomic mass is 16.3. The van der Waals surface area contributed by atoms with Crippen LogP contribution in [0, 0.1) is 0 Å². The van der Waals surface area contributed by atoms with Crippen molar-refractivity contribution in [2.45, 2.75) is 12.5 Å². The maximum absolute atomic E-state index is 11.9. The number of para-hydroxylation sites is 1. The van der Waals surface area contributed by atoms with Gasteiger partial charge in [-0.3, -0.25) is 4.79 Å². The Hall–Kier alpha value is -1.75. The third-order valence-corrected chi connectivity index (χ3v) is 2.64. The van der Waals surface area contributed by atoms with Crippen LogP contribution in [0.3, 0.4) is 0 Å². The highest BCUT2D eigenvalue weighted by Gasteiger charge is 2.38. The molecular formula is C11H14N2O3. The summed E-state index contributed by atoms with van der Waals surface area (Å²) in [6.07, 6.45) is 0. The maximum atomic E-state index is 11.9. The van der Waals surface area contributed by atoms with Gasteiger partial charge in [0.15, 0.2) is 11.5 Å². The van der Waals surface area contributed by atoms with E-state index < -0.39 is 0 Å². The molecule has 0 spiro atoms. The maximum Gasteiger partial charge on any atom is 0.257 e. The van der Waals surface area contributed by atoms with E-state index in [9.17, 15) is 15.0 Å². The number of nitrogens with zero attached hydrogens (tertiary/aromatic N) is 1. The summed E-state index contributed by atoms with van der Waals surface area (Å²) in [6.45, 7) is 2.78. The van der Waals surface area contributed by atoms with E-state index >= 15 is 0 Å². The minimum absolute atomic E-state index is 0.107. The molecule has 5 nitrogen and oxygen atoms in total. The summed E-state index contributed by atoms with van der Waals surface area (Å²) in [7, 11) is 0. The summed E-state index contributed by atoms with van der Waals surface area (Å²) < 4.78 is 0. The zero-order valence-corrected chi connectivity index (χ0v) is 8.97. The molecule has 1 aromatic rings. The Balaban J connectivity index is 2.20. The first-order valence-electron chi connectivity index (χ1n) is 5.00. The van der Waals surface area contributed by atoms with Crippen LogP contribution in [0.4, 0.5) is 0 Å². The van der Waals surface area contributed by atoms with Crippen LogP contribution in [0.15, 0.2) is 18.2 Å². The number of likely N-dealkylation sites (tertiary alicyclic amines) is 1. The molecule has 4 N–H and O–H groups in total. The Labute approximate surface area is 93.1 Å². The van der Waals surface area contributed by atoms with Gasteiger partial charge in [0.1, 0.15) is 0 Å². The van der Waals surface area contributed by atoms with Gasteiger partial charge in [0.25, 0.3) is 5.91 Å². The quantitative estimate of drug-likeness (QED) is 0.595. The Morgan fingerprint density at radius 1 is 1.44 bits per heavy atom. The fraction of sp³-hybridized carbons (Fsp3) is 0.364. The molecule has 1 aliphatic heterocycles. The molecule has 0 saturated carbocycles. The van der Waals surface area contributed by atoms with E-state index in [1.54, 1.807) is 0 Å². The number of aromatic hydroxyl groups is 2. The van der Waals surface area contributed by atoms with Gasteiger partial charge in [-0.15, -0.1) is 0 Å². The van der Waals surface area contributed by atoms with Crippen molar-refractivity contribution in [1.82, 2.24) is 4.90 Å². The molecule has 0 aliphatic carbocycles. The second-order valence-corrected chi connectivity index (χ2v) is 4.49. The smallest absolute Gasteiger partial charge is 0.257 e. The van der Waals surface area contributed by atoms with Crippen molar-refractivity contribution in [3.05, 3.63) is 23.8 Å². The van der Waals surface area contributed by atoms with Gasteiger partial charge in [-0.1, -0.05) is 6.07 Å². The Morgan fingerprint density at radius 2 is 2.06 bits per heavy atom. The lowest BCUT2D eigenvalue weighted by Gasteiger charge is -2.45. The van der Waals surface area contributed by atoms with E-state index in [-0.39, 0.29) is 28.5 Å². The van der Waals surface area contributed by atoms with Gasteiger partial charge in [0.2, 0.25) is 0 Å². The van der Waals surface area contributed by atoms with Crippen LogP contribution in [0.5, 0.6) is 11.5 Å². The number of nitrogens with two attached hydrogens (primary N) is 1. The highest BCUT2D eigenvalue weighted by Crippen LogP contribution is 2.31. The number of benzene rings is 1. The Kier molecular flexibility index (Phi) is 2.27. The molecule has 1 amide bonds. The largest absolute Gasteiger partial charge is 0.504 e. The topological polar surface area (TPSA) is 86.8 Å². The number of hydrogen-bond donors (Lipinski definition) is 3. The predicted molar refractivity (Wildman–Crippen MR) is 58.3 cm³/mol. The van der Waals surface area contributed by atoms with Gasteiger partial charge in [0.05, 0.1) is 5.56 Å². The van der Waals surface area contributed by atoms with E-state index in [0.29, 0.717) is 13.1 Å². The van der Waals surface area contributed by atoms with Crippen molar-refractivity contribution in [3.8, 4) is 11.5 Å². The lowest BCUT2D eigenvalue weighted by Crippen LogP contribution is -2.66. The number of phenolic OH excluding ortho intramolecular Hbond substituents is 2.